The van der Waals surface area contributed by atoms with Crippen molar-refractivity contribution in [3.63, 3.8) is 0 Å². The summed E-state index contributed by atoms with van der Waals surface area (Å²) in [5.74, 6) is 1.78. The minimum Gasteiger partial charge on any atom is -0.497 e. The molecule has 39 heavy (non-hydrogen) atoms. The number of benzene rings is 4. The molecule has 0 spiro atoms. The molecule has 0 N–H and O–H groups in total. The number of aromatic nitrogens is 2. The van der Waals surface area contributed by atoms with Crippen LogP contribution in [-0.4, -0.2) is 35.7 Å². The van der Waals surface area contributed by atoms with Crippen LogP contribution in [0.2, 0.25) is 0 Å². The van der Waals surface area contributed by atoms with Gasteiger partial charge in [-0.2, -0.15) is 9.78 Å². The fourth-order valence-electron chi connectivity index (χ4n) is 4.14. The number of esters is 1. The molecular formula is C30H21N3O6. The SMILES string of the molecule is COc1ccc(-c2nc3ccccc3c(=O)n2N=Cc2ccccc2OC(=O)c2ccc3c(c2)OCO3)cc1. The van der Waals surface area contributed by atoms with Gasteiger partial charge in [0.05, 0.1) is 29.8 Å². The van der Waals surface area contributed by atoms with Gasteiger partial charge in [-0.25, -0.2) is 9.78 Å². The predicted octanol–water partition coefficient (Wildman–Crippen LogP) is 4.90. The molecule has 1 aromatic heterocycles. The van der Waals surface area contributed by atoms with Crippen LogP contribution in [0.1, 0.15) is 15.9 Å². The van der Waals surface area contributed by atoms with Crippen molar-refractivity contribution in [2.45, 2.75) is 0 Å². The van der Waals surface area contributed by atoms with Gasteiger partial charge in [-0.3, -0.25) is 4.79 Å². The summed E-state index contributed by atoms with van der Waals surface area (Å²) < 4.78 is 22.8. The standard InChI is InChI=1S/C30H21N3O6/c1-36-22-13-10-19(11-14-22)28-32-24-8-4-3-7-23(24)29(34)33(28)31-17-21-6-2-5-9-25(21)39-30(35)20-12-15-26-27(16-20)38-18-37-26/h2-17H,18H2,1H3. The van der Waals surface area contributed by atoms with E-state index in [4.69, 9.17) is 23.9 Å². The monoisotopic (exact) mass is 519 g/mol. The zero-order valence-electron chi connectivity index (χ0n) is 20.7. The average molecular weight is 520 g/mol. The summed E-state index contributed by atoms with van der Waals surface area (Å²) in [7, 11) is 1.58. The molecule has 0 unspecified atom stereocenters. The van der Waals surface area contributed by atoms with Crippen LogP contribution < -0.4 is 24.5 Å². The van der Waals surface area contributed by atoms with E-state index in [1.807, 2.05) is 18.2 Å². The maximum atomic E-state index is 13.5. The normalized spacial score (nSPS) is 12.1. The topological polar surface area (TPSA) is 101 Å². The number of nitrogens with zero attached hydrogens (tertiary/aromatic N) is 3. The number of carbonyl (C=O) groups is 1. The van der Waals surface area contributed by atoms with Crippen LogP contribution in [-0.2, 0) is 0 Å². The Morgan fingerprint density at radius 3 is 2.56 bits per heavy atom. The van der Waals surface area contributed by atoms with E-state index in [0.29, 0.717) is 50.7 Å². The zero-order valence-corrected chi connectivity index (χ0v) is 20.7. The minimum atomic E-state index is -0.572. The second-order valence-corrected chi connectivity index (χ2v) is 8.54. The summed E-state index contributed by atoms with van der Waals surface area (Å²) in [5, 5.41) is 4.92. The third-order valence-electron chi connectivity index (χ3n) is 6.14. The van der Waals surface area contributed by atoms with Crippen molar-refractivity contribution in [3.05, 3.63) is 112 Å². The van der Waals surface area contributed by atoms with Crippen molar-refractivity contribution >= 4 is 23.1 Å². The number of para-hydroxylation sites is 2. The summed E-state index contributed by atoms with van der Waals surface area (Å²) in [6, 6.07) is 26.0. The van der Waals surface area contributed by atoms with Crippen LogP contribution in [0.3, 0.4) is 0 Å². The van der Waals surface area contributed by atoms with Crippen LogP contribution in [0.4, 0.5) is 0 Å². The number of hydrogen-bond acceptors (Lipinski definition) is 8. The van der Waals surface area contributed by atoms with E-state index in [0.717, 1.165) is 0 Å². The second kappa shape index (κ2) is 10.1. The van der Waals surface area contributed by atoms with Gasteiger partial charge < -0.3 is 18.9 Å². The summed E-state index contributed by atoms with van der Waals surface area (Å²) in [6.07, 6.45) is 1.47. The van der Waals surface area contributed by atoms with Gasteiger partial charge in [0.25, 0.3) is 5.56 Å². The number of hydrogen-bond donors (Lipinski definition) is 0. The van der Waals surface area contributed by atoms with Gasteiger partial charge in [0.1, 0.15) is 11.5 Å². The Labute approximate surface area is 222 Å². The molecule has 0 fully saturated rings. The summed E-state index contributed by atoms with van der Waals surface area (Å²) >= 11 is 0. The third-order valence-corrected chi connectivity index (χ3v) is 6.14. The van der Waals surface area contributed by atoms with Crippen LogP contribution >= 0.6 is 0 Å². The average Bonchev–Trinajstić information content (AvgIpc) is 3.45. The molecule has 0 saturated heterocycles. The zero-order chi connectivity index (χ0) is 26.8. The summed E-state index contributed by atoms with van der Waals surface area (Å²) in [4.78, 5) is 31.1. The first-order valence-corrected chi connectivity index (χ1v) is 12.0. The maximum absolute atomic E-state index is 13.5. The smallest absolute Gasteiger partial charge is 0.343 e. The molecule has 192 valence electrons. The predicted molar refractivity (Wildman–Crippen MR) is 145 cm³/mol. The van der Waals surface area contributed by atoms with Crippen molar-refractivity contribution in [3.8, 4) is 34.4 Å². The number of ether oxygens (including phenoxy) is 4. The third kappa shape index (κ3) is 4.69. The molecule has 0 atom stereocenters. The molecule has 0 bridgehead atoms. The highest BCUT2D eigenvalue weighted by Crippen LogP contribution is 2.33. The highest BCUT2D eigenvalue weighted by molar-refractivity contribution is 5.94. The van der Waals surface area contributed by atoms with E-state index in [2.05, 4.69) is 5.10 Å². The molecule has 4 aromatic carbocycles. The van der Waals surface area contributed by atoms with Crippen molar-refractivity contribution < 1.29 is 23.7 Å². The van der Waals surface area contributed by atoms with Crippen molar-refractivity contribution in [1.29, 1.82) is 0 Å². The first kappa shape index (κ1) is 23.9. The molecule has 0 aliphatic carbocycles. The largest absolute Gasteiger partial charge is 0.497 e. The van der Waals surface area contributed by atoms with Gasteiger partial charge in [0.2, 0.25) is 6.79 Å². The molecule has 1 aliphatic heterocycles. The Hall–Kier alpha value is -5.44. The quantitative estimate of drug-likeness (QED) is 0.179. The minimum absolute atomic E-state index is 0.106. The molecule has 0 radical (unpaired) electrons. The second-order valence-electron chi connectivity index (χ2n) is 8.54. The van der Waals surface area contributed by atoms with Gasteiger partial charge in [0, 0.05) is 11.1 Å². The molecule has 2 heterocycles. The fourth-order valence-corrected chi connectivity index (χ4v) is 4.14. The molecule has 5 aromatic rings. The van der Waals surface area contributed by atoms with E-state index in [9.17, 15) is 9.59 Å². The van der Waals surface area contributed by atoms with Gasteiger partial charge in [-0.1, -0.05) is 24.3 Å². The summed E-state index contributed by atoms with van der Waals surface area (Å²) in [5.41, 5.74) is 1.70. The van der Waals surface area contributed by atoms with Crippen molar-refractivity contribution in [2.75, 3.05) is 13.9 Å². The number of carbonyl (C=O) groups excluding carboxylic acids is 1. The van der Waals surface area contributed by atoms with Gasteiger partial charge in [-0.05, 0) is 66.7 Å². The Balaban J connectivity index is 1.37. The van der Waals surface area contributed by atoms with Gasteiger partial charge in [-0.15, -0.1) is 0 Å². The number of fused-ring (bicyclic) bond motifs is 2. The Bertz CT molecular complexity index is 1790. The van der Waals surface area contributed by atoms with E-state index >= 15 is 0 Å². The Kier molecular flexibility index (Phi) is 6.22. The van der Waals surface area contributed by atoms with E-state index in [1.165, 1.54) is 10.9 Å². The van der Waals surface area contributed by atoms with Crippen LogP contribution in [0.15, 0.2) is 101 Å². The van der Waals surface area contributed by atoms with Crippen LogP contribution in [0, 0.1) is 0 Å². The molecule has 0 saturated carbocycles. The van der Waals surface area contributed by atoms with Crippen molar-refractivity contribution in [1.82, 2.24) is 9.66 Å². The fraction of sp³-hybridized carbons (Fsp3) is 0.0667. The van der Waals surface area contributed by atoms with Gasteiger partial charge >= 0.3 is 5.97 Å². The number of rotatable bonds is 6. The highest BCUT2D eigenvalue weighted by Gasteiger charge is 2.18. The lowest BCUT2D eigenvalue weighted by Crippen LogP contribution is -2.20. The Morgan fingerprint density at radius 1 is 0.949 bits per heavy atom. The highest BCUT2D eigenvalue weighted by atomic mass is 16.7. The lowest BCUT2D eigenvalue weighted by atomic mass is 10.2. The van der Waals surface area contributed by atoms with Gasteiger partial charge in [0.15, 0.2) is 17.3 Å². The Morgan fingerprint density at radius 2 is 1.72 bits per heavy atom. The van der Waals surface area contributed by atoms with E-state index in [1.54, 1.807) is 79.9 Å². The van der Waals surface area contributed by atoms with Crippen LogP contribution in [0.5, 0.6) is 23.0 Å². The first-order valence-electron chi connectivity index (χ1n) is 12.0. The molecular weight excluding hydrogens is 498 g/mol. The molecule has 9 nitrogen and oxygen atoms in total. The first-order chi connectivity index (χ1) is 19.1. The molecule has 0 amide bonds. The molecule has 9 heteroatoms. The summed E-state index contributed by atoms with van der Waals surface area (Å²) in [6.45, 7) is 0.106. The van der Waals surface area contributed by atoms with E-state index < -0.39 is 5.97 Å². The molecule has 1 aliphatic rings. The molecule has 6 rings (SSSR count). The van der Waals surface area contributed by atoms with Crippen molar-refractivity contribution in [2.24, 2.45) is 5.10 Å². The van der Waals surface area contributed by atoms with E-state index in [-0.39, 0.29) is 18.1 Å². The van der Waals surface area contributed by atoms with Crippen LogP contribution in [0.25, 0.3) is 22.3 Å². The number of methoxy groups -OCH3 is 1. The maximum Gasteiger partial charge on any atom is 0.343 e. The lowest BCUT2D eigenvalue weighted by molar-refractivity contribution is 0.0734. The lowest BCUT2D eigenvalue weighted by Gasteiger charge is -2.11.